The zero-order chi connectivity index (χ0) is 21.2. The Bertz CT molecular complexity index is 890. The number of fused-ring (bicyclic) bond motifs is 1. The summed E-state index contributed by atoms with van der Waals surface area (Å²) in [5.41, 5.74) is 1.60. The topological polar surface area (TPSA) is 90.8 Å². The normalized spacial score (nSPS) is 20.9. The molecule has 4 heterocycles. The van der Waals surface area contributed by atoms with Gasteiger partial charge in [-0.2, -0.15) is 24.5 Å². The van der Waals surface area contributed by atoms with Crippen LogP contribution in [-0.4, -0.2) is 57.6 Å². The number of carbonyl (C=O) groups is 3. The molecule has 0 spiro atoms. The Morgan fingerprint density at radius 2 is 1.83 bits per heavy atom. The van der Waals surface area contributed by atoms with E-state index in [2.05, 4.69) is 4.98 Å². The van der Waals surface area contributed by atoms with Gasteiger partial charge in [-0.05, 0) is 30.0 Å². The van der Waals surface area contributed by atoms with Gasteiger partial charge < -0.3 is 14.9 Å². The molecular formula is C18H16F3N3O4S. The molecule has 2 amide bonds. The van der Waals surface area contributed by atoms with E-state index >= 15 is 0 Å². The fourth-order valence-electron chi connectivity index (χ4n) is 3.49. The highest BCUT2D eigenvalue weighted by atomic mass is 32.1. The van der Waals surface area contributed by atoms with Crippen LogP contribution in [0.1, 0.15) is 23.2 Å². The van der Waals surface area contributed by atoms with Crippen molar-refractivity contribution in [3.05, 3.63) is 46.9 Å². The monoisotopic (exact) mass is 427 g/mol. The second kappa shape index (κ2) is 8.19. The summed E-state index contributed by atoms with van der Waals surface area (Å²) in [7, 11) is 0. The van der Waals surface area contributed by atoms with Gasteiger partial charge in [0, 0.05) is 36.3 Å². The third-order valence-electron chi connectivity index (χ3n) is 4.71. The Hall–Kier alpha value is -2.95. The second-order valence-corrected chi connectivity index (χ2v) is 7.19. The Kier molecular flexibility index (Phi) is 5.87. The van der Waals surface area contributed by atoms with Gasteiger partial charge in [-0.15, -0.1) is 0 Å². The van der Waals surface area contributed by atoms with Crippen LogP contribution in [0, 0.1) is 0 Å². The van der Waals surface area contributed by atoms with E-state index in [4.69, 9.17) is 9.90 Å². The number of rotatable bonds is 2. The molecule has 0 bridgehead atoms. The molecule has 2 aromatic rings. The Morgan fingerprint density at radius 1 is 1.17 bits per heavy atom. The summed E-state index contributed by atoms with van der Waals surface area (Å²) >= 11 is 1.59. The molecule has 2 aromatic heterocycles. The fourth-order valence-corrected chi connectivity index (χ4v) is 4.12. The van der Waals surface area contributed by atoms with E-state index in [1.54, 1.807) is 35.9 Å². The number of carboxylic acids is 1. The molecule has 2 aliphatic heterocycles. The number of halogens is 3. The van der Waals surface area contributed by atoms with Crippen LogP contribution >= 0.6 is 11.3 Å². The molecule has 29 heavy (non-hydrogen) atoms. The minimum absolute atomic E-state index is 0.00475. The number of pyridine rings is 1. The standard InChI is InChI=1S/C16H15N3O2S.C2HF3O2/c20-15-9-14-13(19(15)12-4-8-22-10-12)3-7-18(14)16(21)11-1-5-17-6-2-11;3-2(4,5)1(6)7/h1-2,4-6,8,10,13-14H,3,7,9H2;(H,6,7)/t13-,14-;/m0./s1. The number of aliphatic carboxylic acids is 1. The van der Waals surface area contributed by atoms with E-state index in [1.165, 1.54) is 0 Å². The number of thiophene rings is 1. The van der Waals surface area contributed by atoms with Crippen molar-refractivity contribution in [2.75, 3.05) is 11.4 Å². The Labute approximate surface area is 167 Å². The molecule has 0 aliphatic carbocycles. The first-order chi connectivity index (χ1) is 13.7. The third kappa shape index (κ3) is 4.39. The summed E-state index contributed by atoms with van der Waals surface area (Å²) in [4.78, 5) is 41.6. The maximum absolute atomic E-state index is 12.7. The molecule has 2 fully saturated rings. The number of hydrogen-bond acceptors (Lipinski definition) is 5. The van der Waals surface area contributed by atoms with Gasteiger partial charge in [0.2, 0.25) is 5.91 Å². The highest BCUT2D eigenvalue weighted by Gasteiger charge is 2.49. The van der Waals surface area contributed by atoms with Gasteiger partial charge in [0.1, 0.15) is 0 Å². The van der Waals surface area contributed by atoms with E-state index in [0.717, 1.165) is 12.1 Å². The summed E-state index contributed by atoms with van der Waals surface area (Å²) < 4.78 is 31.7. The van der Waals surface area contributed by atoms with Crippen LogP contribution < -0.4 is 4.90 Å². The minimum atomic E-state index is -5.08. The van der Waals surface area contributed by atoms with Crippen LogP contribution in [0.4, 0.5) is 18.9 Å². The summed E-state index contributed by atoms with van der Waals surface area (Å²) in [6.45, 7) is 0.699. The molecule has 2 atom stereocenters. The number of alkyl halides is 3. The molecule has 1 N–H and O–H groups in total. The molecule has 2 saturated heterocycles. The molecule has 0 radical (unpaired) electrons. The Balaban J connectivity index is 0.000000298. The summed E-state index contributed by atoms with van der Waals surface area (Å²) in [6, 6.07) is 5.51. The average molecular weight is 427 g/mol. The highest BCUT2D eigenvalue weighted by molar-refractivity contribution is 7.08. The first-order valence-corrected chi connectivity index (χ1v) is 9.50. The fraction of sp³-hybridized carbons (Fsp3) is 0.333. The van der Waals surface area contributed by atoms with E-state index in [0.29, 0.717) is 18.5 Å². The smallest absolute Gasteiger partial charge is 0.475 e. The van der Waals surface area contributed by atoms with Gasteiger partial charge in [-0.25, -0.2) is 4.79 Å². The van der Waals surface area contributed by atoms with Crippen LogP contribution in [0.5, 0.6) is 0 Å². The van der Waals surface area contributed by atoms with Crippen molar-refractivity contribution in [1.82, 2.24) is 9.88 Å². The van der Waals surface area contributed by atoms with Gasteiger partial charge in [0.25, 0.3) is 5.91 Å². The number of carbonyl (C=O) groups excluding carboxylic acids is 2. The van der Waals surface area contributed by atoms with Crippen LogP contribution in [0.15, 0.2) is 41.4 Å². The first kappa shape index (κ1) is 20.8. The third-order valence-corrected chi connectivity index (χ3v) is 5.38. The van der Waals surface area contributed by atoms with E-state index in [9.17, 15) is 22.8 Å². The van der Waals surface area contributed by atoms with Crippen molar-refractivity contribution in [3.63, 3.8) is 0 Å². The predicted molar refractivity (Wildman–Crippen MR) is 97.6 cm³/mol. The molecule has 0 saturated carbocycles. The number of carboxylic acid groups (broad SMARTS) is 1. The largest absolute Gasteiger partial charge is 0.490 e. The van der Waals surface area contributed by atoms with Crippen molar-refractivity contribution in [1.29, 1.82) is 0 Å². The maximum Gasteiger partial charge on any atom is 0.490 e. The number of anilines is 1. The zero-order valence-corrected chi connectivity index (χ0v) is 15.7. The summed E-state index contributed by atoms with van der Waals surface area (Å²) in [5.74, 6) is -2.65. The van der Waals surface area contributed by atoms with Gasteiger partial charge in [-0.1, -0.05) is 0 Å². The predicted octanol–water partition coefficient (Wildman–Crippen LogP) is 2.80. The van der Waals surface area contributed by atoms with Crippen molar-refractivity contribution in [3.8, 4) is 0 Å². The number of nitrogens with zero attached hydrogens (tertiary/aromatic N) is 3. The van der Waals surface area contributed by atoms with Crippen molar-refractivity contribution in [2.45, 2.75) is 31.1 Å². The first-order valence-electron chi connectivity index (χ1n) is 8.55. The van der Waals surface area contributed by atoms with E-state index < -0.39 is 12.1 Å². The lowest BCUT2D eigenvalue weighted by Crippen LogP contribution is -2.39. The van der Waals surface area contributed by atoms with Crippen LogP contribution in [0.2, 0.25) is 0 Å². The summed E-state index contributed by atoms with van der Waals surface area (Å²) in [5, 5.41) is 11.1. The molecule has 11 heteroatoms. The zero-order valence-electron chi connectivity index (χ0n) is 14.9. The van der Waals surface area contributed by atoms with Crippen LogP contribution in [-0.2, 0) is 9.59 Å². The van der Waals surface area contributed by atoms with Crippen molar-refractivity contribution in [2.24, 2.45) is 0 Å². The molecule has 154 valence electrons. The van der Waals surface area contributed by atoms with Crippen LogP contribution in [0.25, 0.3) is 0 Å². The van der Waals surface area contributed by atoms with Gasteiger partial charge in [-0.3, -0.25) is 14.6 Å². The van der Waals surface area contributed by atoms with E-state index in [-0.39, 0.29) is 23.9 Å². The van der Waals surface area contributed by atoms with Crippen molar-refractivity contribution >= 4 is 34.8 Å². The lowest BCUT2D eigenvalue weighted by Gasteiger charge is -2.24. The van der Waals surface area contributed by atoms with E-state index in [1.807, 2.05) is 26.6 Å². The molecule has 0 unspecified atom stereocenters. The highest BCUT2D eigenvalue weighted by Crippen LogP contribution is 2.37. The Morgan fingerprint density at radius 3 is 2.38 bits per heavy atom. The SMILES string of the molecule is O=C(O)C(F)(F)F.O=C(c1ccncc1)N1CC[C@H]2[C@@H]1CC(=O)N2c1ccsc1. The second-order valence-electron chi connectivity index (χ2n) is 6.41. The molecule has 4 rings (SSSR count). The molecule has 2 aliphatic rings. The molecular weight excluding hydrogens is 411 g/mol. The molecule has 0 aromatic carbocycles. The lowest BCUT2D eigenvalue weighted by atomic mass is 10.1. The van der Waals surface area contributed by atoms with Gasteiger partial charge >= 0.3 is 12.1 Å². The van der Waals surface area contributed by atoms with Crippen molar-refractivity contribution < 1.29 is 32.7 Å². The maximum atomic E-state index is 12.7. The number of likely N-dealkylation sites (tertiary alicyclic amines) is 1. The van der Waals surface area contributed by atoms with Gasteiger partial charge in [0.05, 0.1) is 17.8 Å². The lowest BCUT2D eigenvalue weighted by molar-refractivity contribution is -0.192. The molecule has 7 nitrogen and oxygen atoms in total. The minimum Gasteiger partial charge on any atom is -0.475 e. The van der Waals surface area contributed by atoms with Crippen LogP contribution in [0.3, 0.4) is 0 Å². The number of amides is 2. The quantitative estimate of drug-likeness (QED) is 0.796. The van der Waals surface area contributed by atoms with Gasteiger partial charge in [0.15, 0.2) is 0 Å². The number of aromatic nitrogens is 1. The number of hydrogen-bond donors (Lipinski definition) is 1. The average Bonchev–Trinajstić information content (AvgIpc) is 3.38. The summed E-state index contributed by atoms with van der Waals surface area (Å²) in [6.07, 6.45) is -0.586.